The van der Waals surface area contributed by atoms with E-state index in [-0.39, 0.29) is 34.6 Å². The fraction of sp³-hybridized carbons (Fsp3) is 0.440. The number of carbonyl (C=O) groups excluding carboxylic acids is 1. The van der Waals surface area contributed by atoms with Crippen LogP contribution >= 0.6 is 11.3 Å². The molecule has 0 bridgehead atoms. The Bertz CT molecular complexity index is 1150. The molecule has 0 saturated carbocycles. The summed E-state index contributed by atoms with van der Waals surface area (Å²) in [5.41, 5.74) is 2.48. The van der Waals surface area contributed by atoms with Crippen molar-refractivity contribution < 1.29 is 23.7 Å². The molecule has 188 valence electrons. The molecule has 0 atom stereocenters. The largest absolute Gasteiger partial charge is 0.479 e. The van der Waals surface area contributed by atoms with Crippen molar-refractivity contribution in [1.29, 1.82) is 0 Å². The SMILES string of the molecule is CCCCOc1nc(OC)c(NC(=O)c2csc(Oc3cc(C(C)(C)C)ccc3C)n2)c(OC)n1. The molecule has 10 heteroatoms. The van der Waals surface area contributed by atoms with Gasteiger partial charge in [0.1, 0.15) is 11.4 Å². The predicted octanol–water partition coefficient (Wildman–Crippen LogP) is 5.78. The van der Waals surface area contributed by atoms with E-state index < -0.39 is 5.91 Å². The summed E-state index contributed by atoms with van der Waals surface area (Å²) < 4.78 is 22.2. The van der Waals surface area contributed by atoms with Gasteiger partial charge in [-0.3, -0.25) is 4.79 Å². The molecule has 3 aromatic rings. The highest BCUT2D eigenvalue weighted by molar-refractivity contribution is 7.11. The third-order valence-corrected chi connectivity index (χ3v) is 5.86. The zero-order chi connectivity index (χ0) is 25.6. The molecular formula is C25H32N4O5S. The normalized spacial score (nSPS) is 11.2. The van der Waals surface area contributed by atoms with Crippen molar-refractivity contribution in [3.8, 4) is 28.7 Å². The van der Waals surface area contributed by atoms with Gasteiger partial charge >= 0.3 is 6.01 Å². The van der Waals surface area contributed by atoms with Gasteiger partial charge in [-0.15, -0.1) is 0 Å². The number of anilines is 1. The van der Waals surface area contributed by atoms with Crippen molar-refractivity contribution in [3.05, 3.63) is 40.4 Å². The number of hydrogen-bond donors (Lipinski definition) is 1. The van der Waals surface area contributed by atoms with Crippen LogP contribution in [0.1, 0.15) is 62.2 Å². The minimum atomic E-state index is -0.476. The van der Waals surface area contributed by atoms with Gasteiger partial charge in [0.2, 0.25) is 11.8 Å². The van der Waals surface area contributed by atoms with Crippen molar-refractivity contribution >= 4 is 22.9 Å². The number of benzene rings is 1. The van der Waals surface area contributed by atoms with Gasteiger partial charge in [-0.1, -0.05) is 57.6 Å². The van der Waals surface area contributed by atoms with Crippen LogP contribution in [0.3, 0.4) is 0 Å². The van der Waals surface area contributed by atoms with Crippen LogP contribution in [-0.4, -0.2) is 41.7 Å². The lowest BCUT2D eigenvalue weighted by molar-refractivity contribution is 0.102. The molecule has 1 amide bonds. The van der Waals surface area contributed by atoms with Crippen LogP contribution in [0.5, 0.6) is 28.7 Å². The Morgan fingerprint density at radius 3 is 2.37 bits per heavy atom. The van der Waals surface area contributed by atoms with Crippen molar-refractivity contribution in [2.75, 3.05) is 26.1 Å². The second-order valence-corrected chi connectivity index (χ2v) is 9.71. The van der Waals surface area contributed by atoms with Crippen LogP contribution < -0.4 is 24.3 Å². The third-order valence-electron chi connectivity index (χ3n) is 5.14. The van der Waals surface area contributed by atoms with Crippen LogP contribution in [-0.2, 0) is 5.41 Å². The molecule has 2 aromatic heterocycles. The van der Waals surface area contributed by atoms with Crippen molar-refractivity contribution in [2.45, 2.75) is 52.9 Å². The van der Waals surface area contributed by atoms with Gasteiger partial charge in [0.25, 0.3) is 11.1 Å². The van der Waals surface area contributed by atoms with Crippen molar-refractivity contribution in [3.63, 3.8) is 0 Å². The zero-order valence-corrected chi connectivity index (χ0v) is 22.0. The van der Waals surface area contributed by atoms with Crippen LogP contribution in [0.2, 0.25) is 0 Å². The summed E-state index contributed by atoms with van der Waals surface area (Å²) in [4.78, 5) is 25.7. The first-order chi connectivity index (χ1) is 16.7. The molecule has 0 aliphatic carbocycles. The number of amides is 1. The summed E-state index contributed by atoms with van der Waals surface area (Å²) in [6.45, 7) is 10.9. The van der Waals surface area contributed by atoms with Gasteiger partial charge in [-0.05, 0) is 36.0 Å². The average Bonchev–Trinajstić information content (AvgIpc) is 3.29. The van der Waals surface area contributed by atoms with Gasteiger partial charge in [-0.25, -0.2) is 0 Å². The van der Waals surface area contributed by atoms with E-state index in [0.717, 1.165) is 24.0 Å². The maximum Gasteiger partial charge on any atom is 0.323 e. The third kappa shape index (κ3) is 6.60. The second kappa shape index (κ2) is 11.4. The molecule has 1 N–H and O–H groups in total. The molecule has 0 fully saturated rings. The smallest absolute Gasteiger partial charge is 0.323 e. The summed E-state index contributed by atoms with van der Waals surface area (Å²) in [5.74, 6) is 0.473. The Labute approximate surface area is 209 Å². The molecule has 9 nitrogen and oxygen atoms in total. The monoisotopic (exact) mass is 500 g/mol. The molecule has 0 aliphatic rings. The lowest BCUT2D eigenvalue weighted by atomic mass is 9.86. The number of methoxy groups -OCH3 is 2. The van der Waals surface area contributed by atoms with Crippen molar-refractivity contribution in [2.24, 2.45) is 0 Å². The lowest BCUT2D eigenvalue weighted by Crippen LogP contribution is -2.15. The van der Waals surface area contributed by atoms with E-state index >= 15 is 0 Å². The standard InChI is InChI=1S/C25H32N4O5S/c1-8-9-12-33-23-28-21(31-6)19(22(29-23)32-7)27-20(30)17-14-35-24(26-17)34-18-13-16(25(3,4)5)11-10-15(18)2/h10-11,13-14H,8-9,12H2,1-7H3,(H,27,30). The number of unbranched alkanes of at least 4 members (excludes halogenated alkanes) is 1. The predicted molar refractivity (Wildman–Crippen MR) is 136 cm³/mol. The average molecular weight is 501 g/mol. The molecule has 35 heavy (non-hydrogen) atoms. The minimum absolute atomic E-state index is 0.0174. The van der Waals surface area contributed by atoms with Gasteiger partial charge in [-0.2, -0.15) is 15.0 Å². The minimum Gasteiger partial charge on any atom is -0.479 e. The molecule has 0 unspecified atom stereocenters. The van der Waals surface area contributed by atoms with Crippen LogP contribution in [0.25, 0.3) is 0 Å². The fourth-order valence-electron chi connectivity index (χ4n) is 3.03. The van der Waals surface area contributed by atoms with E-state index in [1.807, 2.05) is 19.1 Å². The van der Waals surface area contributed by atoms with Gasteiger partial charge in [0, 0.05) is 5.38 Å². The van der Waals surface area contributed by atoms with E-state index in [2.05, 4.69) is 54.0 Å². The fourth-order valence-corrected chi connectivity index (χ4v) is 3.69. The van der Waals surface area contributed by atoms with E-state index in [0.29, 0.717) is 17.6 Å². The number of thiazole rings is 1. The number of nitrogens with zero attached hydrogens (tertiary/aromatic N) is 3. The molecule has 1 aromatic carbocycles. The lowest BCUT2D eigenvalue weighted by Gasteiger charge is -2.20. The maximum atomic E-state index is 12.9. The highest BCUT2D eigenvalue weighted by Crippen LogP contribution is 2.35. The summed E-state index contributed by atoms with van der Waals surface area (Å²) in [6.07, 6.45) is 1.84. The summed E-state index contributed by atoms with van der Waals surface area (Å²) in [5, 5.41) is 4.71. The number of ether oxygens (including phenoxy) is 4. The molecule has 0 aliphatic heterocycles. The Morgan fingerprint density at radius 1 is 1.09 bits per heavy atom. The van der Waals surface area contributed by atoms with Gasteiger partial charge in [0.05, 0.1) is 20.8 Å². The summed E-state index contributed by atoms with van der Waals surface area (Å²) in [6, 6.07) is 6.23. The van der Waals surface area contributed by atoms with Gasteiger partial charge in [0.15, 0.2) is 5.69 Å². The van der Waals surface area contributed by atoms with E-state index in [4.69, 9.17) is 18.9 Å². The number of nitrogens with one attached hydrogen (secondary N) is 1. The van der Waals surface area contributed by atoms with Crippen LogP contribution in [0.15, 0.2) is 23.6 Å². The van der Waals surface area contributed by atoms with Crippen LogP contribution in [0.4, 0.5) is 5.69 Å². The highest BCUT2D eigenvalue weighted by atomic mass is 32.1. The Balaban J connectivity index is 1.78. The molecule has 0 radical (unpaired) electrons. The van der Waals surface area contributed by atoms with E-state index in [1.54, 1.807) is 5.38 Å². The number of aryl methyl sites for hydroxylation is 1. The van der Waals surface area contributed by atoms with Gasteiger partial charge < -0.3 is 24.3 Å². The van der Waals surface area contributed by atoms with Crippen LogP contribution in [0, 0.1) is 6.92 Å². The molecular weight excluding hydrogens is 468 g/mol. The Hall–Kier alpha value is -3.40. The molecule has 2 heterocycles. The highest BCUT2D eigenvalue weighted by Gasteiger charge is 2.22. The summed E-state index contributed by atoms with van der Waals surface area (Å²) >= 11 is 1.23. The Morgan fingerprint density at radius 2 is 1.77 bits per heavy atom. The van der Waals surface area contributed by atoms with E-state index in [9.17, 15) is 4.79 Å². The number of hydrogen-bond acceptors (Lipinski definition) is 9. The first kappa shape index (κ1) is 26.2. The number of carbonyl (C=O) groups is 1. The first-order valence-corrected chi connectivity index (χ1v) is 12.2. The van der Waals surface area contributed by atoms with E-state index in [1.165, 1.54) is 25.6 Å². The van der Waals surface area contributed by atoms with Crippen molar-refractivity contribution in [1.82, 2.24) is 15.0 Å². The second-order valence-electron chi connectivity index (χ2n) is 8.89. The first-order valence-electron chi connectivity index (χ1n) is 11.3. The number of rotatable bonds is 10. The topological polar surface area (TPSA) is 105 Å². The molecule has 0 saturated heterocycles. The molecule has 3 rings (SSSR count). The number of aromatic nitrogens is 3. The quantitative estimate of drug-likeness (QED) is 0.349. The Kier molecular flexibility index (Phi) is 8.50. The molecule has 0 spiro atoms. The maximum absolute atomic E-state index is 12.9. The summed E-state index contributed by atoms with van der Waals surface area (Å²) in [7, 11) is 2.88. The zero-order valence-electron chi connectivity index (χ0n) is 21.2.